The molecule has 0 aromatic heterocycles. The summed E-state index contributed by atoms with van der Waals surface area (Å²) in [5.74, 6) is 0. The molecule has 0 bridgehead atoms. The van der Waals surface area contributed by atoms with Crippen molar-refractivity contribution >= 4 is 0 Å². The first kappa shape index (κ1) is 11.4. The Morgan fingerprint density at radius 2 is 2.08 bits per heavy atom. The molecule has 1 unspecified atom stereocenters. The molecule has 0 aromatic carbocycles. The van der Waals surface area contributed by atoms with Crippen LogP contribution in [0.3, 0.4) is 0 Å². The second-order valence-electron chi connectivity index (χ2n) is 3.29. The lowest BCUT2D eigenvalue weighted by molar-refractivity contribution is 0.0215. The Balaban J connectivity index is 3.89. The predicted molar refractivity (Wildman–Crippen MR) is 50.9 cm³/mol. The summed E-state index contributed by atoms with van der Waals surface area (Å²) in [7, 11) is 0. The Kier molecular flexibility index (Phi) is 4.86. The molecule has 0 aliphatic heterocycles. The summed E-state index contributed by atoms with van der Waals surface area (Å²) < 4.78 is 0. The van der Waals surface area contributed by atoms with E-state index in [4.69, 9.17) is 5.11 Å². The van der Waals surface area contributed by atoms with E-state index >= 15 is 0 Å². The molecule has 0 aliphatic carbocycles. The average Bonchev–Trinajstić information content (AvgIpc) is 2.03. The van der Waals surface area contributed by atoms with Gasteiger partial charge in [0.2, 0.25) is 0 Å². The molecule has 0 amide bonds. The van der Waals surface area contributed by atoms with Crippen molar-refractivity contribution < 1.29 is 10.2 Å². The van der Waals surface area contributed by atoms with Crippen LogP contribution in [-0.4, -0.2) is 22.4 Å². The van der Waals surface area contributed by atoms with Crippen molar-refractivity contribution in [3.8, 4) is 0 Å². The Morgan fingerprint density at radius 3 is 2.42 bits per heavy atom. The van der Waals surface area contributed by atoms with Crippen molar-refractivity contribution in [2.75, 3.05) is 6.61 Å². The number of aliphatic hydroxyl groups excluding tert-OH is 1. The van der Waals surface area contributed by atoms with E-state index in [9.17, 15) is 5.11 Å². The van der Waals surface area contributed by atoms with Crippen LogP contribution < -0.4 is 0 Å². The van der Waals surface area contributed by atoms with Crippen molar-refractivity contribution in [2.45, 2.75) is 32.3 Å². The molecule has 0 radical (unpaired) electrons. The van der Waals surface area contributed by atoms with Crippen LogP contribution in [0, 0.1) is 0 Å². The molecule has 0 saturated heterocycles. The van der Waals surface area contributed by atoms with Gasteiger partial charge in [-0.1, -0.05) is 17.7 Å². The van der Waals surface area contributed by atoms with E-state index < -0.39 is 5.60 Å². The van der Waals surface area contributed by atoms with Gasteiger partial charge < -0.3 is 10.2 Å². The van der Waals surface area contributed by atoms with Gasteiger partial charge in [0.25, 0.3) is 0 Å². The third-order valence-electron chi connectivity index (χ3n) is 1.78. The van der Waals surface area contributed by atoms with Crippen LogP contribution in [0.4, 0.5) is 0 Å². The lowest BCUT2D eigenvalue weighted by atomic mass is 9.98. The molecule has 0 spiro atoms. The molecule has 0 aliphatic rings. The smallest absolute Gasteiger partial charge is 0.106 e. The Morgan fingerprint density at radius 1 is 1.50 bits per heavy atom. The van der Waals surface area contributed by atoms with Gasteiger partial charge in [0, 0.05) is 0 Å². The van der Waals surface area contributed by atoms with Crippen LogP contribution in [0.1, 0.15) is 26.7 Å². The summed E-state index contributed by atoms with van der Waals surface area (Å²) in [5, 5.41) is 18.4. The quantitative estimate of drug-likeness (QED) is 0.616. The maximum absolute atomic E-state index is 9.54. The highest BCUT2D eigenvalue weighted by Crippen LogP contribution is 2.14. The molecule has 0 rings (SSSR count). The highest BCUT2D eigenvalue weighted by molar-refractivity contribution is 4.99. The Hall–Kier alpha value is -0.600. The van der Waals surface area contributed by atoms with E-state index in [0.717, 1.165) is 6.42 Å². The highest BCUT2D eigenvalue weighted by Gasteiger charge is 2.19. The fourth-order valence-corrected chi connectivity index (χ4v) is 0.856. The maximum atomic E-state index is 9.54. The van der Waals surface area contributed by atoms with E-state index in [1.165, 1.54) is 11.6 Å². The molecule has 2 heteroatoms. The van der Waals surface area contributed by atoms with Crippen molar-refractivity contribution in [2.24, 2.45) is 0 Å². The second kappa shape index (κ2) is 5.12. The third-order valence-corrected chi connectivity index (χ3v) is 1.78. The number of rotatable bonds is 5. The molecule has 70 valence electrons. The first-order valence-electron chi connectivity index (χ1n) is 4.14. The topological polar surface area (TPSA) is 40.5 Å². The maximum Gasteiger partial charge on any atom is 0.106 e. The van der Waals surface area contributed by atoms with Crippen molar-refractivity contribution in [1.82, 2.24) is 0 Å². The van der Waals surface area contributed by atoms with Gasteiger partial charge in [-0.15, -0.1) is 6.58 Å². The standard InChI is InChI=1S/C10H18O2/c1-4-10(12,8-11)7-5-6-9(2)3/h4,6,11-12H,1,5,7-8H2,2-3H3. The molecule has 2 nitrogen and oxygen atoms in total. The molecule has 1 atom stereocenters. The molecule has 0 saturated carbocycles. The molecule has 12 heavy (non-hydrogen) atoms. The molecule has 2 N–H and O–H groups in total. The largest absolute Gasteiger partial charge is 0.393 e. The first-order valence-corrected chi connectivity index (χ1v) is 4.14. The summed E-state index contributed by atoms with van der Waals surface area (Å²) in [6, 6.07) is 0. The van der Waals surface area contributed by atoms with Gasteiger partial charge >= 0.3 is 0 Å². The summed E-state index contributed by atoms with van der Waals surface area (Å²) in [5.41, 5.74) is 0.116. The number of aliphatic hydroxyl groups is 2. The van der Waals surface area contributed by atoms with Gasteiger partial charge in [0.05, 0.1) is 6.61 Å². The minimum absolute atomic E-state index is 0.257. The van der Waals surface area contributed by atoms with E-state index in [2.05, 4.69) is 6.58 Å². The summed E-state index contributed by atoms with van der Waals surface area (Å²) in [6.45, 7) is 7.23. The fourth-order valence-electron chi connectivity index (χ4n) is 0.856. The Labute approximate surface area is 74.2 Å². The van der Waals surface area contributed by atoms with Crippen molar-refractivity contribution in [3.05, 3.63) is 24.3 Å². The van der Waals surface area contributed by atoms with Crippen LogP contribution in [0.15, 0.2) is 24.3 Å². The number of hydrogen-bond donors (Lipinski definition) is 2. The molecular weight excluding hydrogens is 152 g/mol. The van der Waals surface area contributed by atoms with Crippen LogP contribution in [0.5, 0.6) is 0 Å². The summed E-state index contributed by atoms with van der Waals surface area (Å²) in [6.07, 6.45) is 4.72. The fraction of sp³-hybridized carbons (Fsp3) is 0.600. The summed E-state index contributed by atoms with van der Waals surface area (Å²) in [4.78, 5) is 0. The molecule has 0 aromatic rings. The van der Waals surface area contributed by atoms with Gasteiger partial charge in [-0.2, -0.15) is 0 Å². The zero-order valence-electron chi connectivity index (χ0n) is 7.88. The molecule has 0 fully saturated rings. The molecule has 0 heterocycles. The van der Waals surface area contributed by atoms with Crippen LogP contribution in [-0.2, 0) is 0 Å². The minimum atomic E-state index is -1.11. The minimum Gasteiger partial charge on any atom is -0.393 e. The highest BCUT2D eigenvalue weighted by atomic mass is 16.3. The van der Waals surface area contributed by atoms with Gasteiger partial charge in [-0.25, -0.2) is 0 Å². The van der Waals surface area contributed by atoms with Crippen molar-refractivity contribution in [1.29, 1.82) is 0 Å². The van der Waals surface area contributed by atoms with Crippen LogP contribution in [0.2, 0.25) is 0 Å². The second-order valence-corrected chi connectivity index (χ2v) is 3.29. The van der Waals surface area contributed by atoms with E-state index in [-0.39, 0.29) is 6.61 Å². The lowest BCUT2D eigenvalue weighted by Gasteiger charge is -2.20. The van der Waals surface area contributed by atoms with Gasteiger partial charge in [-0.3, -0.25) is 0 Å². The normalized spacial score (nSPS) is 15.0. The van der Waals surface area contributed by atoms with Crippen LogP contribution >= 0.6 is 0 Å². The zero-order valence-corrected chi connectivity index (χ0v) is 7.88. The van der Waals surface area contributed by atoms with Gasteiger partial charge in [0.1, 0.15) is 5.60 Å². The van der Waals surface area contributed by atoms with Gasteiger partial charge in [-0.05, 0) is 26.7 Å². The van der Waals surface area contributed by atoms with E-state index in [1.807, 2.05) is 19.9 Å². The first-order chi connectivity index (χ1) is 5.54. The number of allylic oxidation sites excluding steroid dienone is 2. The van der Waals surface area contributed by atoms with Gasteiger partial charge in [0.15, 0.2) is 0 Å². The predicted octanol–water partition coefficient (Wildman–Crippen LogP) is 1.64. The van der Waals surface area contributed by atoms with E-state index in [0.29, 0.717) is 6.42 Å². The number of hydrogen-bond acceptors (Lipinski definition) is 2. The lowest BCUT2D eigenvalue weighted by Crippen LogP contribution is -2.29. The van der Waals surface area contributed by atoms with E-state index in [1.54, 1.807) is 0 Å². The summed E-state index contributed by atoms with van der Waals surface area (Å²) >= 11 is 0. The van der Waals surface area contributed by atoms with Crippen molar-refractivity contribution in [3.63, 3.8) is 0 Å². The average molecular weight is 170 g/mol. The monoisotopic (exact) mass is 170 g/mol. The SMILES string of the molecule is C=CC(O)(CO)CCC=C(C)C. The zero-order chi connectivity index (χ0) is 9.61. The van der Waals surface area contributed by atoms with Crippen LogP contribution in [0.25, 0.3) is 0 Å². The Bertz CT molecular complexity index is 169. The molecular formula is C10H18O2. The third kappa shape index (κ3) is 4.31.